The largest absolute Gasteiger partial charge is 0.489 e. The zero-order valence-corrected chi connectivity index (χ0v) is 14.8. The molecule has 0 amide bonds. The average molecular weight is 375 g/mol. The van der Waals surface area contributed by atoms with Gasteiger partial charge in [0.15, 0.2) is 0 Å². The van der Waals surface area contributed by atoms with Gasteiger partial charge in [0, 0.05) is 17.7 Å². The molecule has 2 unspecified atom stereocenters. The molecular weight excluding hydrogens is 357 g/mol. The van der Waals surface area contributed by atoms with Gasteiger partial charge in [0.2, 0.25) is 5.43 Å². The van der Waals surface area contributed by atoms with Crippen molar-refractivity contribution >= 4 is 22.8 Å². The molecule has 1 aromatic carbocycles. The summed E-state index contributed by atoms with van der Waals surface area (Å²) >= 11 is 0. The summed E-state index contributed by atoms with van der Waals surface area (Å²) in [6, 6.07) is 0.885. The van der Waals surface area contributed by atoms with E-state index in [0.717, 1.165) is 6.07 Å². The van der Waals surface area contributed by atoms with E-state index in [-0.39, 0.29) is 41.5 Å². The number of hydrogen-bond acceptors (Lipinski definition) is 5. The number of halogens is 1. The first kappa shape index (κ1) is 17.5. The van der Waals surface area contributed by atoms with Gasteiger partial charge in [-0.25, -0.2) is 9.18 Å². The number of nitrogens with zero attached hydrogens (tertiary/aromatic N) is 1. The zero-order chi connectivity index (χ0) is 19.5. The predicted molar refractivity (Wildman–Crippen MR) is 92.8 cm³/mol. The molecule has 0 saturated heterocycles. The molecule has 4 rings (SSSR count). The molecule has 1 fully saturated rings. The van der Waals surface area contributed by atoms with E-state index < -0.39 is 35.0 Å². The molecule has 142 valence electrons. The van der Waals surface area contributed by atoms with Crippen LogP contribution in [-0.2, 0) is 9.53 Å². The van der Waals surface area contributed by atoms with Gasteiger partial charge in [-0.2, -0.15) is 0 Å². The lowest BCUT2D eigenvalue weighted by Gasteiger charge is -2.28. The molecule has 1 N–H and O–H groups in total. The van der Waals surface area contributed by atoms with Crippen LogP contribution in [0.25, 0.3) is 10.9 Å². The van der Waals surface area contributed by atoms with Crippen LogP contribution in [0.3, 0.4) is 0 Å². The van der Waals surface area contributed by atoms with E-state index >= 15 is 0 Å². The molecule has 2 aromatic rings. The summed E-state index contributed by atoms with van der Waals surface area (Å²) in [7, 11) is 0. The lowest BCUT2D eigenvalue weighted by atomic mass is 10.00. The number of hydrogen-bond donors (Lipinski definition) is 1. The van der Waals surface area contributed by atoms with Crippen LogP contribution in [-0.4, -0.2) is 34.8 Å². The number of pyridine rings is 1. The first-order valence-electron chi connectivity index (χ1n) is 8.79. The van der Waals surface area contributed by atoms with Gasteiger partial charge >= 0.3 is 11.9 Å². The second-order valence-electron chi connectivity index (χ2n) is 6.94. The van der Waals surface area contributed by atoms with E-state index in [1.807, 2.05) is 6.92 Å². The van der Waals surface area contributed by atoms with Gasteiger partial charge in [0.05, 0.1) is 29.5 Å². The molecule has 0 radical (unpaired) electrons. The Hall–Kier alpha value is -2.90. The van der Waals surface area contributed by atoms with E-state index in [1.165, 1.54) is 6.20 Å². The van der Waals surface area contributed by atoms with Crippen molar-refractivity contribution in [2.45, 2.75) is 32.2 Å². The highest BCUT2D eigenvalue weighted by molar-refractivity contribution is 5.96. The maximum Gasteiger partial charge on any atom is 0.343 e. The lowest BCUT2D eigenvalue weighted by Crippen LogP contribution is -2.28. The van der Waals surface area contributed by atoms with Gasteiger partial charge < -0.3 is 19.1 Å². The second kappa shape index (κ2) is 6.07. The number of carbonyl (C=O) groups excluding carboxylic acids is 1. The number of ether oxygens (including phenoxy) is 2. The molecule has 0 bridgehead atoms. The number of aromatic nitrogens is 1. The standard InChI is InChI=1S/C19H18FNO6/c1-3-26-19(25)12-6-21-8(2)7-27-17-14(9-4-10(9)18(23)24)13(20)5-11(15(17)21)16(12)22/h5-6,8-10H,3-4,7H2,1-2H3,(H,23,24)/t8-,9?,10?/m0/s1. The monoisotopic (exact) mass is 375 g/mol. The summed E-state index contributed by atoms with van der Waals surface area (Å²) in [4.78, 5) is 36.2. The van der Waals surface area contributed by atoms with Crippen molar-refractivity contribution < 1.29 is 28.6 Å². The molecule has 0 spiro atoms. The van der Waals surface area contributed by atoms with Crippen LogP contribution >= 0.6 is 0 Å². The van der Waals surface area contributed by atoms with Gasteiger partial charge in [-0.15, -0.1) is 0 Å². The van der Waals surface area contributed by atoms with E-state index in [0.29, 0.717) is 11.9 Å². The van der Waals surface area contributed by atoms with Crippen molar-refractivity contribution in [2.24, 2.45) is 5.92 Å². The minimum Gasteiger partial charge on any atom is -0.489 e. The molecule has 2 heterocycles. The Kier molecular flexibility index (Phi) is 3.94. The number of rotatable bonds is 4. The van der Waals surface area contributed by atoms with Crippen LogP contribution in [0.5, 0.6) is 5.75 Å². The van der Waals surface area contributed by atoms with Gasteiger partial charge in [-0.1, -0.05) is 0 Å². The fourth-order valence-corrected chi connectivity index (χ4v) is 3.73. The van der Waals surface area contributed by atoms with Gasteiger partial charge in [0.25, 0.3) is 0 Å². The minimum absolute atomic E-state index is 0.0240. The lowest BCUT2D eigenvalue weighted by molar-refractivity contribution is -0.138. The van der Waals surface area contributed by atoms with E-state index in [4.69, 9.17) is 9.47 Å². The first-order valence-corrected chi connectivity index (χ1v) is 8.79. The van der Waals surface area contributed by atoms with Gasteiger partial charge in [-0.3, -0.25) is 9.59 Å². The van der Waals surface area contributed by atoms with Crippen molar-refractivity contribution in [3.8, 4) is 5.75 Å². The van der Waals surface area contributed by atoms with Crippen LogP contribution in [0.2, 0.25) is 0 Å². The van der Waals surface area contributed by atoms with Crippen LogP contribution in [0.4, 0.5) is 4.39 Å². The summed E-state index contributed by atoms with van der Waals surface area (Å²) in [5.74, 6) is -3.37. The Morgan fingerprint density at radius 1 is 1.44 bits per heavy atom. The number of esters is 1. The number of carbonyl (C=O) groups is 2. The second-order valence-corrected chi connectivity index (χ2v) is 6.94. The van der Waals surface area contributed by atoms with Crippen LogP contribution < -0.4 is 10.2 Å². The molecular formula is C19H18FNO6. The smallest absolute Gasteiger partial charge is 0.343 e. The molecule has 27 heavy (non-hydrogen) atoms. The first-order chi connectivity index (χ1) is 12.8. The highest BCUT2D eigenvalue weighted by Gasteiger charge is 2.48. The minimum atomic E-state index is -0.981. The number of carboxylic acid groups (broad SMARTS) is 1. The van der Waals surface area contributed by atoms with Crippen molar-refractivity contribution in [1.29, 1.82) is 0 Å². The molecule has 1 saturated carbocycles. The SMILES string of the molecule is CCOC(=O)c1cn2c3c(c(C4CC4C(=O)O)c(F)cc3c1=O)OC[C@@H]2C. The summed E-state index contributed by atoms with van der Waals surface area (Å²) in [6.45, 7) is 3.82. The topological polar surface area (TPSA) is 94.8 Å². The zero-order valence-electron chi connectivity index (χ0n) is 14.8. The molecule has 3 atom stereocenters. The number of carboxylic acids is 1. The van der Waals surface area contributed by atoms with Crippen LogP contribution in [0, 0.1) is 11.7 Å². The Morgan fingerprint density at radius 3 is 2.81 bits per heavy atom. The van der Waals surface area contributed by atoms with Crippen molar-refractivity contribution in [2.75, 3.05) is 13.2 Å². The van der Waals surface area contributed by atoms with Gasteiger partial charge in [0.1, 0.15) is 23.7 Å². The number of aliphatic carboxylic acids is 1. The molecule has 1 aromatic heterocycles. The molecule has 8 heteroatoms. The highest BCUT2D eigenvalue weighted by Crippen LogP contribution is 2.53. The summed E-state index contributed by atoms with van der Waals surface area (Å²) in [5, 5.41) is 9.21. The number of benzene rings is 1. The molecule has 7 nitrogen and oxygen atoms in total. The predicted octanol–water partition coefficient (Wildman–Crippen LogP) is 2.46. The van der Waals surface area contributed by atoms with E-state index in [2.05, 4.69) is 0 Å². The third-order valence-electron chi connectivity index (χ3n) is 5.18. The normalized spacial score (nSPS) is 23.0. The summed E-state index contributed by atoms with van der Waals surface area (Å²) in [6.07, 6.45) is 1.75. The van der Waals surface area contributed by atoms with Crippen molar-refractivity contribution in [3.63, 3.8) is 0 Å². The van der Waals surface area contributed by atoms with E-state index in [9.17, 15) is 23.9 Å². The third kappa shape index (κ3) is 2.58. The quantitative estimate of drug-likeness (QED) is 0.825. The van der Waals surface area contributed by atoms with Crippen LogP contribution in [0.1, 0.15) is 48.1 Å². The fraction of sp³-hybridized carbons (Fsp3) is 0.421. The van der Waals surface area contributed by atoms with Gasteiger partial charge in [-0.05, 0) is 26.3 Å². The summed E-state index contributed by atoms with van der Waals surface area (Å²) < 4.78 is 27.3. The Labute approximate surface area is 153 Å². The molecule has 1 aliphatic heterocycles. The van der Waals surface area contributed by atoms with Crippen LogP contribution in [0.15, 0.2) is 17.1 Å². The maximum absolute atomic E-state index is 14.9. The average Bonchev–Trinajstić information content (AvgIpc) is 3.40. The Balaban J connectivity index is 1.99. The molecule has 2 aliphatic rings. The summed E-state index contributed by atoms with van der Waals surface area (Å²) in [5.41, 5.74) is -0.209. The van der Waals surface area contributed by atoms with E-state index in [1.54, 1.807) is 11.5 Å². The highest BCUT2D eigenvalue weighted by atomic mass is 19.1. The molecule has 1 aliphatic carbocycles. The maximum atomic E-state index is 14.9. The Morgan fingerprint density at radius 2 is 2.19 bits per heavy atom. The Bertz CT molecular complexity index is 1040. The van der Waals surface area contributed by atoms with Crippen molar-refractivity contribution in [3.05, 3.63) is 39.4 Å². The third-order valence-corrected chi connectivity index (χ3v) is 5.18. The fourth-order valence-electron chi connectivity index (χ4n) is 3.73. The van der Waals surface area contributed by atoms with Crippen molar-refractivity contribution in [1.82, 2.24) is 4.57 Å².